The van der Waals surface area contributed by atoms with E-state index in [-0.39, 0.29) is 0 Å². The van der Waals surface area contributed by atoms with E-state index in [1.54, 1.807) is 0 Å². The van der Waals surface area contributed by atoms with E-state index >= 15 is 0 Å². The second-order valence-corrected chi connectivity index (χ2v) is 6.96. The first kappa shape index (κ1) is 16.0. The molecule has 0 spiro atoms. The zero-order valence-electron chi connectivity index (χ0n) is 14.1. The molecule has 24 heavy (non-hydrogen) atoms. The molecule has 3 aliphatic rings. The van der Waals surface area contributed by atoms with Crippen molar-refractivity contribution in [2.45, 2.75) is 31.5 Å². The lowest BCUT2D eigenvalue weighted by Gasteiger charge is -2.30. The highest BCUT2D eigenvalue weighted by Gasteiger charge is 2.46. The van der Waals surface area contributed by atoms with Gasteiger partial charge in [0.05, 0.1) is 18.9 Å². The molecule has 0 unspecified atom stereocenters. The Morgan fingerprint density at radius 1 is 1.12 bits per heavy atom. The molecular formula is C18H26N4O2. The number of ether oxygens (including phenoxy) is 1. The standard InChI is InChI=1S/C18H26N4O2/c23-18-13-17-16(22(18)8-7-20-9-11-24-12-10-20)4-6-21(17)14-15-3-1-2-5-19-15/h1-3,5,16-17H,4,6-14H2/t16-,17+/m1/s1. The van der Waals surface area contributed by atoms with Crippen molar-refractivity contribution in [1.29, 1.82) is 0 Å². The number of nitrogens with zero attached hydrogens (tertiary/aromatic N) is 4. The molecule has 3 saturated heterocycles. The molecule has 0 N–H and O–H groups in total. The van der Waals surface area contributed by atoms with Crippen LogP contribution in [0.3, 0.4) is 0 Å². The van der Waals surface area contributed by atoms with Crippen LogP contribution in [0.5, 0.6) is 0 Å². The maximum Gasteiger partial charge on any atom is 0.224 e. The third-order valence-corrected chi connectivity index (χ3v) is 5.58. The Morgan fingerprint density at radius 2 is 2.00 bits per heavy atom. The fourth-order valence-electron chi connectivity index (χ4n) is 4.27. The van der Waals surface area contributed by atoms with Crippen LogP contribution < -0.4 is 0 Å². The predicted octanol–water partition coefficient (Wildman–Crippen LogP) is 0.589. The molecule has 0 aromatic carbocycles. The number of morpholine rings is 1. The van der Waals surface area contributed by atoms with E-state index in [1.807, 2.05) is 18.3 Å². The normalized spacial score (nSPS) is 28.5. The van der Waals surface area contributed by atoms with Crippen molar-refractivity contribution in [3.8, 4) is 0 Å². The summed E-state index contributed by atoms with van der Waals surface area (Å²) in [6.45, 7) is 7.36. The molecule has 1 amide bonds. The van der Waals surface area contributed by atoms with Crippen molar-refractivity contribution in [2.75, 3.05) is 45.9 Å². The predicted molar refractivity (Wildman–Crippen MR) is 90.4 cm³/mol. The van der Waals surface area contributed by atoms with E-state index in [4.69, 9.17) is 4.74 Å². The lowest BCUT2D eigenvalue weighted by atomic mass is 10.1. The smallest absolute Gasteiger partial charge is 0.224 e. The number of hydrogen-bond acceptors (Lipinski definition) is 5. The van der Waals surface area contributed by atoms with Crippen LogP contribution in [0.4, 0.5) is 0 Å². The summed E-state index contributed by atoms with van der Waals surface area (Å²) in [6, 6.07) is 6.80. The number of rotatable bonds is 5. The molecule has 0 saturated carbocycles. The summed E-state index contributed by atoms with van der Waals surface area (Å²) in [5.74, 6) is 0.323. The van der Waals surface area contributed by atoms with Gasteiger partial charge in [0, 0.05) is 64.0 Å². The van der Waals surface area contributed by atoms with Gasteiger partial charge in [0.25, 0.3) is 0 Å². The molecule has 2 atom stereocenters. The first-order chi connectivity index (χ1) is 11.8. The van der Waals surface area contributed by atoms with Crippen LogP contribution in [-0.4, -0.2) is 83.6 Å². The van der Waals surface area contributed by atoms with Crippen LogP contribution >= 0.6 is 0 Å². The molecular weight excluding hydrogens is 304 g/mol. The SMILES string of the molecule is O=C1C[C@H]2[C@@H](CCN2Cc2ccccn2)N1CCN1CCOCC1. The topological polar surface area (TPSA) is 48.9 Å². The second kappa shape index (κ2) is 7.17. The zero-order chi connectivity index (χ0) is 16.4. The average molecular weight is 330 g/mol. The largest absolute Gasteiger partial charge is 0.379 e. The number of pyridine rings is 1. The maximum atomic E-state index is 12.5. The minimum absolute atomic E-state index is 0.323. The molecule has 1 aromatic rings. The minimum Gasteiger partial charge on any atom is -0.379 e. The highest BCUT2D eigenvalue weighted by Crippen LogP contribution is 2.33. The summed E-state index contributed by atoms with van der Waals surface area (Å²) in [5, 5.41) is 0. The van der Waals surface area contributed by atoms with Crippen LogP contribution in [0.1, 0.15) is 18.5 Å². The van der Waals surface area contributed by atoms with E-state index in [1.165, 1.54) is 0 Å². The van der Waals surface area contributed by atoms with Crippen LogP contribution in [0.15, 0.2) is 24.4 Å². The highest BCUT2D eigenvalue weighted by atomic mass is 16.5. The van der Waals surface area contributed by atoms with Gasteiger partial charge in [-0.2, -0.15) is 0 Å². The van der Waals surface area contributed by atoms with E-state index in [0.29, 0.717) is 24.4 Å². The lowest BCUT2D eigenvalue weighted by Crippen LogP contribution is -2.44. The Balaban J connectivity index is 1.34. The van der Waals surface area contributed by atoms with Crippen LogP contribution in [0.2, 0.25) is 0 Å². The van der Waals surface area contributed by atoms with Gasteiger partial charge in [-0.15, -0.1) is 0 Å². The summed E-state index contributed by atoms with van der Waals surface area (Å²) in [5.41, 5.74) is 1.09. The molecule has 6 nitrogen and oxygen atoms in total. The zero-order valence-corrected chi connectivity index (χ0v) is 14.1. The van der Waals surface area contributed by atoms with E-state index in [9.17, 15) is 4.79 Å². The molecule has 0 radical (unpaired) electrons. The van der Waals surface area contributed by atoms with Gasteiger partial charge >= 0.3 is 0 Å². The van der Waals surface area contributed by atoms with Gasteiger partial charge in [-0.1, -0.05) is 6.07 Å². The van der Waals surface area contributed by atoms with Gasteiger partial charge < -0.3 is 9.64 Å². The minimum atomic E-state index is 0.323. The van der Waals surface area contributed by atoms with Crippen molar-refractivity contribution in [1.82, 2.24) is 19.7 Å². The van der Waals surface area contributed by atoms with Crippen LogP contribution in [-0.2, 0) is 16.1 Å². The van der Waals surface area contributed by atoms with Gasteiger partial charge in [0.2, 0.25) is 5.91 Å². The summed E-state index contributed by atoms with van der Waals surface area (Å²) < 4.78 is 5.40. The number of hydrogen-bond donors (Lipinski definition) is 0. The number of aromatic nitrogens is 1. The molecule has 0 bridgehead atoms. The maximum absolute atomic E-state index is 12.5. The summed E-state index contributed by atoms with van der Waals surface area (Å²) >= 11 is 0. The lowest BCUT2D eigenvalue weighted by molar-refractivity contribution is -0.129. The Morgan fingerprint density at radius 3 is 2.79 bits per heavy atom. The Hall–Kier alpha value is -1.50. The molecule has 6 heteroatoms. The summed E-state index contributed by atoms with van der Waals surface area (Å²) in [7, 11) is 0. The van der Waals surface area contributed by atoms with Gasteiger partial charge in [-0.05, 0) is 18.6 Å². The Bertz CT molecular complexity index is 561. The first-order valence-corrected chi connectivity index (χ1v) is 9.05. The van der Waals surface area contributed by atoms with Gasteiger partial charge in [-0.25, -0.2) is 0 Å². The van der Waals surface area contributed by atoms with Crippen molar-refractivity contribution in [3.05, 3.63) is 30.1 Å². The molecule has 4 rings (SSSR count). The summed E-state index contributed by atoms with van der Waals surface area (Å²) in [4.78, 5) is 23.9. The van der Waals surface area contributed by atoms with E-state index in [0.717, 1.165) is 64.6 Å². The fraction of sp³-hybridized carbons (Fsp3) is 0.667. The van der Waals surface area contributed by atoms with Crippen LogP contribution in [0.25, 0.3) is 0 Å². The third kappa shape index (κ3) is 3.31. The average Bonchev–Trinajstić information content (AvgIpc) is 3.14. The molecule has 130 valence electrons. The fourth-order valence-corrected chi connectivity index (χ4v) is 4.27. The van der Waals surface area contributed by atoms with Crippen molar-refractivity contribution < 1.29 is 9.53 Å². The Kier molecular flexibility index (Phi) is 4.78. The molecule has 3 aliphatic heterocycles. The molecule has 1 aromatic heterocycles. The van der Waals surface area contributed by atoms with E-state index < -0.39 is 0 Å². The quantitative estimate of drug-likeness (QED) is 0.791. The third-order valence-electron chi connectivity index (χ3n) is 5.58. The number of fused-ring (bicyclic) bond motifs is 1. The van der Waals surface area contributed by atoms with E-state index in [2.05, 4.69) is 25.8 Å². The summed E-state index contributed by atoms with van der Waals surface area (Å²) in [6.07, 6.45) is 3.60. The highest BCUT2D eigenvalue weighted by molar-refractivity contribution is 5.80. The number of carbonyl (C=O) groups is 1. The Labute approximate surface area is 143 Å². The van der Waals surface area contributed by atoms with Crippen LogP contribution in [0, 0.1) is 0 Å². The molecule has 4 heterocycles. The van der Waals surface area contributed by atoms with Gasteiger partial charge in [-0.3, -0.25) is 19.6 Å². The monoisotopic (exact) mass is 330 g/mol. The number of likely N-dealkylation sites (tertiary alicyclic amines) is 2. The second-order valence-electron chi connectivity index (χ2n) is 6.96. The van der Waals surface area contributed by atoms with Gasteiger partial charge in [0.1, 0.15) is 0 Å². The number of amides is 1. The van der Waals surface area contributed by atoms with Gasteiger partial charge in [0.15, 0.2) is 0 Å². The molecule has 3 fully saturated rings. The van der Waals surface area contributed by atoms with Crippen molar-refractivity contribution in [3.63, 3.8) is 0 Å². The van der Waals surface area contributed by atoms with Crippen molar-refractivity contribution >= 4 is 5.91 Å². The van der Waals surface area contributed by atoms with Crippen molar-refractivity contribution in [2.24, 2.45) is 0 Å². The first-order valence-electron chi connectivity index (χ1n) is 9.05. The number of carbonyl (C=O) groups excluding carboxylic acids is 1. The molecule has 0 aliphatic carbocycles.